The van der Waals surface area contributed by atoms with Gasteiger partial charge in [0.25, 0.3) is 0 Å². The average molecular weight is 287 g/mol. The highest BCUT2D eigenvalue weighted by molar-refractivity contribution is 5.28. The van der Waals surface area contributed by atoms with Crippen molar-refractivity contribution in [3.63, 3.8) is 0 Å². The van der Waals surface area contributed by atoms with Gasteiger partial charge in [-0.1, -0.05) is 30.3 Å². The van der Waals surface area contributed by atoms with Gasteiger partial charge in [-0.3, -0.25) is 4.68 Å². The summed E-state index contributed by atoms with van der Waals surface area (Å²) < 4.78 is 2.02. The number of aryl methyl sites for hydroxylation is 2. The quantitative estimate of drug-likeness (QED) is 0.859. The Morgan fingerprint density at radius 3 is 2.48 bits per heavy atom. The Morgan fingerprint density at radius 1 is 1.24 bits per heavy atom. The Balaban J connectivity index is 2.02. The van der Waals surface area contributed by atoms with Crippen molar-refractivity contribution in [2.24, 2.45) is 0 Å². The standard InChI is InChI=1S/C17H25N3O/c1-5-20-14(4)17(13(3)19-20)12(2)18-11-16(21)15-9-7-6-8-10-15/h6-10,12,16,18,21H,5,11H2,1-4H3. The van der Waals surface area contributed by atoms with Gasteiger partial charge in [0.05, 0.1) is 11.8 Å². The molecule has 0 bridgehead atoms. The van der Waals surface area contributed by atoms with Crippen LogP contribution in [0.15, 0.2) is 30.3 Å². The first-order valence-corrected chi connectivity index (χ1v) is 7.54. The first kappa shape index (κ1) is 15.7. The van der Waals surface area contributed by atoms with E-state index in [9.17, 15) is 5.11 Å². The van der Waals surface area contributed by atoms with Crippen LogP contribution in [-0.4, -0.2) is 21.4 Å². The molecule has 2 N–H and O–H groups in total. The Hall–Kier alpha value is -1.65. The smallest absolute Gasteiger partial charge is 0.0914 e. The van der Waals surface area contributed by atoms with Crippen molar-refractivity contribution in [2.45, 2.75) is 46.4 Å². The first-order chi connectivity index (χ1) is 10.0. The molecule has 0 saturated heterocycles. The van der Waals surface area contributed by atoms with Crippen LogP contribution in [-0.2, 0) is 6.54 Å². The number of nitrogens with one attached hydrogen (secondary N) is 1. The van der Waals surface area contributed by atoms with Gasteiger partial charge in [-0.25, -0.2) is 0 Å². The van der Waals surface area contributed by atoms with Crippen LogP contribution in [0, 0.1) is 13.8 Å². The van der Waals surface area contributed by atoms with E-state index in [0.29, 0.717) is 6.54 Å². The third kappa shape index (κ3) is 3.52. The summed E-state index contributed by atoms with van der Waals surface area (Å²) in [6.07, 6.45) is -0.490. The number of hydrogen-bond donors (Lipinski definition) is 2. The van der Waals surface area contributed by atoms with Gasteiger partial charge in [-0.05, 0) is 33.3 Å². The molecule has 0 radical (unpaired) electrons. The maximum Gasteiger partial charge on any atom is 0.0914 e. The molecule has 2 aromatic rings. The van der Waals surface area contributed by atoms with Crippen LogP contribution < -0.4 is 5.32 Å². The van der Waals surface area contributed by atoms with E-state index in [2.05, 4.69) is 31.2 Å². The number of rotatable bonds is 6. The van der Waals surface area contributed by atoms with Crippen LogP contribution in [0.3, 0.4) is 0 Å². The van der Waals surface area contributed by atoms with E-state index < -0.39 is 6.10 Å². The molecule has 21 heavy (non-hydrogen) atoms. The highest BCUT2D eigenvalue weighted by atomic mass is 16.3. The summed E-state index contributed by atoms with van der Waals surface area (Å²) in [5, 5.41) is 18.2. The molecular weight excluding hydrogens is 262 g/mol. The van der Waals surface area contributed by atoms with Gasteiger partial charge in [0, 0.05) is 30.4 Å². The molecule has 4 heteroatoms. The zero-order valence-electron chi connectivity index (χ0n) is 13.3. The topological polar surface area (TPSA) is 50.1 Å². The highest BCUT2D eigenvalue weighted by Gasteiger charge is 2.17. The van der Waals surface area contributed by atoms with Gasteiger partial charge < -0.3 is 10.4 Å². The minimum Gasteiger partial charge on any atom is -0.387 e. The van der Waals surface area contributed by atoms with Crippen LogP contribution in [0.5, 0.6) is 0 Å². The van der Waals surface area contributed by atoms with Crippen LogP contribution in [0.1, 0.15) is 48.5 Å². The number of aromatic nitrogens is 2. The van der Waals surface area contributed by atoms with E-state index in [0.717, 1.165) is 17.8 Å². The van der Waals surface area contributed by atoms with Crippen LogP contribution in [0.4, 0.5) is 0 Å². The van der Waals surface area contributed by atoms with Crippen LogP contribution in [0.2, 0.25) is 0 Å². The van der Waals surface area contributed by atoms with Crippen molar-refractivity contribution < 1.29 is 5.11 Å². The highest BCUT2D eigenvalue weighted by Crippen LogP contribution is 2.22. The number of aliphatic hydroxyl groups excluding tert-OH is 1. The molecule has 0 aliphatic carbocycles. The Labute approximate surface area is 126 Å². The molecule has 0 amide bonds. The first-order valence-electron chi connectivity index (χ1n) is 7.54. The van der Waals surface area contributed by atoms with Gasteiger partial charge in [0.15, 0.2) is 0 Å². The molecule has 0 aliphatic rings. The SMILES string of the molecule is CCn1nc(C)c(C(C)NCC(O)c2ccccc2)c1C. The van der Waals surface area contributed by atoms with E-state index in [1.807, 2.05) is 41.9 Å². The largest absolute Gasteiger partial charge is 0.387 e. The maximum absolute atomic E-state index is 10.2. The lowest BCUT2D eigenvalue weighted by atomic mass is 10.1. The monoisotopic (exact) mass is 287 g/mol. The summed E-state index contributed by atoms with van der Waals surface area (Å²) in [4.78, 5) is 0. The second-order valence-corrected chi connectivity index (χ2v) is 5.46. The Kier molecular flexibility index (Phi) is 5.15. The van der Waals surface area contributed by atoms with Gasteiger partial charge in [0.2, 0.25) is 0 Å². The van der Waals surface area contributed by atoms with E-state index in [-0.39, 0.29) is 6.04 Å². The molecule has 1 heterocycles. The van der Waals surface area contributed by atoms with Crippen LogP contribution >= 0.6 is 0 Å². The zero-order chi connectivity index (χ0) is 15.4. The predicted octanol–water partition coefficient (Wildman–Crippen LogP) is 2.90. The van der Waals surface area contributed by atoms with Crippen molar-refractivity contribution in [2.75, 3.05) is 6.54 Å². The summed E-state index contributed by atoms with van der Waals surface area (Å²) in [7, 11) is 0. The number of aliphatic hydroxyl groups is 1. The number of benzene rings is 1. The number of hydrogen-bond acceptors (Lipinski definition) is 3. The van der Waals surface area contributed by atoms with Crippen LogP contribution in [0.25, 0.3) is 0 Å². The molecule has 0 saturated carbocycles. The lowest BCUT2D eigenvalue weighted by molar-refractivity contribution is 0.170. The van der Waals surface area contributed by atoms with Crippen molar-refractivity contribution in [3.05, 3.63) is 52.8 Å². The van der Waals surface area contributed by atoms with Gasteiger partial charge >= 0.3 is 0 Å². The van der Waals surface area contributed by atoms with Crippen molar-refractivity contribution in [1.82, 2.24) is 15.1 Å². The maximum atomic E-state index is 10.2. The van der Waals surface area contributed by atoms with Crippen molar-refractivity contribution in [1.29, 1.82) is 0 Å². The summed E-state index contributed by atoms with van der Waals surface area (Å²) >= 11 is 0. The van der Waals surface area contributed by atoms with E-state index in [4.69, 9.17) is 0 Å². The molecule has 0 spiro atoms. The van der Waals surface area contributed by atoms with Crippen molar-refractivity contribution in [3.8, 4) is 0 Å². The Morgan fingerprint density at radius 2 is 1.90 bits per heavy atom. The summed E-state index contributed by atoms with van der Waals surface area (Å²) in [6.45, 7) is 9.77. The van der Waals surface area contributed by atoms with Gasteiger partial charge in [0.1, 0.15) is 0 Å². The molecule has 2 rings (SSSR count). The van der Waals surface area contributed by atoms with Gasteiger partial charge in [-0.2, -0.15) is 5.10 Å². The molecule has 0 fully saturated rings. The van der Waals surface area contributed by atoms with E-state index in [1.165, 1.54) is 11.3 Å². The minimum absolute atomic E-state index is 0.170. The fourth-order valence-corrected chi connectivity index (χ4v) is 2.83. The molecular formula is C17H25N3O. The average Bonchev–Trinajstić information content (AvgIpc) is 2.79. The third-order valence-corrected chi connectivity index (χ3v) is 3.97. The second kappa shape index (κ2) is 6.87. The Bertz CT molecular complexity index is 577. The summed E-state index contributed by atoms with van der Waals surface area (Å²) in [6, 6.07) is 9.91. The summed E-state index contributed by atoms with van der Waals surface area (Å²) in [5.41, 5.74) is 4.43. The molecule has 1 aromatic carbocycles. The zero-order valence-corrected chi connectivity index (χ0v) is 13.3. The number of nitrogens with zero attached hydrogens (tertiary/aromatic N) is 2. The lowest BCUT2D eigenvalue weighted by Gasteiger charge is -2.18. The second-order valence-electron chi connectivity index (χ2n) is 5.46. The molecule has 114 valence electrons. The lowest BCUT2D eigenvalue weighted by Crippen LogP contribution is -2.25. The molecule has 0 aliphatic heterocycles. The van der Waals surface area contributed by atoms with Gasteiger partial charge in [-0.15, -0.1) is 0 Å². The fourth-order valence-electron chi connectivity index (χ4n) is 2.83. The third-order valence-electron chi connectivity index (χ3n) is 3.97. The molecule has 2 atom stereocenters. The van der Waals surface area contributed by atoms with Crippen molar-refractivity contribution >= 4 is 0 Å². The molecule has 1 aromatic heterocycles. The normalized spacial score (nSPS) is 14.1. The van der Waals surface area contributed by atoms with E-state index >= 15 is 0 Å². The minimum atomic E-state index is -0.490. The predicted molar refractivity (Wildman–Crippen MR) is 85.2 cm³/mol. The molecule has 2 unspecified atom stereocenters. The van der Waals surface area contributed by atoms with E-state index in [1.54, 1.807) is 0 Å². The summed E-state index contributed by atoms with van der Waals surface area (Å²) in [5.74, 6) is 0. The fraction of sp³-hybridized carbons (Fsp3) is 0.471. The molecule has 4 nitrogen and oxygen atoms in total.